The Labute approximate surface area is 226 Å². The van der Waals surface area contributed by atoms with Crippen molar-refractivity contribution in [2.24, 2.45) is 0 Å². The summed E-state index contributed by atoms with van der Waals surface area (Å²) < 4.78 is 18.7. The van der Waals surface area contributed by atoms with Gasteiger partial charge < -0.3 is 30.0 Å². The van der Waals surface area contributed by atoms with E-state index in [1.165, 1.54) is 14.2 Å². The maximum Gasteiger partial charge on any atom is 0.259 e. The van der Waals surface area contributed by atoms with Crippen molar-refractivity contribution in [2.45, 2.75) is 45.3 Å². The van der Waals surface area contributed by atoms with Gasteiger partial charge in [0.05, 0.1) is 31.5 Å². The van der Waals surface area contributed by atoms with Crippen molar-refractivity contribution < 1.29 is 24.1 Å². The predicted molar refractivity (Wildman–Crippen MR) is 148 cm³/mol. The van der Waals surface area contributed by atoms with Gasteiger partial charge in [-0.2, -0.15) is 5.10 Å². The maximum absolute atomic E-state index is 12.8. The Morgan fingerprint density at radius 1 is 1.10 bits per heavy atom. The summed E-state index contributed by atoms with van der Waals surface area (Å²) in [6.07, 6.45) is 5.53. The molecule has 0 aliphatic heterocycles. The molecule has 1 aliphatic carbocycles. The zero-order valence-electron chi connectivity index (χ0n) is 22.7. The number of nitrogens with one attached hydrogen (secondary N) is 2. The van der Waals surface area contributed by atoms with Crippen molar-refractivity contribution in [1.29, 1.82) is 0 Å². The molecule has 0 bridgehead atoms. The van der Waals surface area contributed by atoms with Gasteiger partial charge in [-0.25, -0.2) is 4.52 Å². The molecule has 3 aromatic heterocycles. The van der Waals surface area contributed by atoms with Crippen molar-refractivity contribution in [1.82, 2.24) is 19.9 Å². The summed E-state index contributed by atoms with van der Waals surface area (Å²) in [6.45, 7) is 5.46. The molecule has 4 aromatic rings. The fourth-order valence-corrected chi connectivity index (χ4v) is 4.21. The third-order valence-corrected chi connectivity index (χ3v) is 6.28. The number of hydrogen-bond donors (Lipinski definition) is 3. The zero-order chi connectivity index (χ0) is 27.7. The summed E-state index contributed by atoms with van der Waals surface area (Å²) in [4.78, 5) is 17.2. The van der Waals surface area contributed by atoms with Crippen LogP contribution in [0.3, 0.4) is 0 Å². The normalized spacial score (nSPS) is 13.3. The molecule has 3 heterocycles. The lowest BCUT2D eigenvalue weighted by Gasteiger charge is -2.19. The first-order valence-electron chi connectivity index (χ1n) is 12.8. The molecule has 1 fully saturated rings. The third kappa shape index (κ3) is 6.06. The van der Waals surface area contributed by atoms with Gasteiger partial charge in [-0.15, -0.1) is 0 Å². The summed E-state index contributed by atoms with van der Waals surface area (Å²) in [6, 6.07) is 11.6. The summed E-state index contributed by atoms with van der Waals surface area (Å²) in [7, 11) is 3.05. The van der Waals surface area contributed by atoms with E-state index in [-0.39, 0.29) is 18.6 Å². The van der Waals surface area contributed by atoms with E-state index < -0.39 is 5.60 Å². The number of carbonyl (C=O) groups excluding carboxylic acids is 1. The van der Waals surface area contributed by atoms with Gasteiger partial charge in [0.1, 0.15) is 29.4 Å². The van der Waals surface area contributed by atoms with Gasteiger partial charge in [-0.1, -0.05) is 0 Å². The Balaban J connectivity index is 1.43. The van der Waals surface area contributed by atoms with E-state index >= 15 is 0 Å². The second kappa shape index (κ2) is 10.5. The molecule has 1 amide bonds. The molecule has 10 heteroatoms. The minimum Gasteiger partial charge on any atom is -0.496 e. The molecule has 1 aliphatic rings. The number of anilines is 2. The Bertz CT molecular complexity index is 1500. The quantitative estimate of drug-likeness (QED) is 0.274. The number of nitrogens with zero attached hydrogens (tertiary/aromatic N) is 3. The van der Waals surface area contributed by atoms with Crippen molar-refractivity contribution >= 4 is 22.9 Å². The molecule has 0 unspecified atom stereocenters. The monoisotopic (exact) mass is 531 g/mol. The van der Waals surface area contributed by atoms with Gasteiger partial charge in [0.2, 0.25) is 0 Å². The molecule has 10 nitrogen and oxygen atoms in total. The van der Waals surface area contributed by atoms with Gasteiger partial charge >= 0.3 is 0 Å². The second-order valence-corrected chi connectivity index (χ2v) is 10.4. The number of aliphatic hydroxyl groups is 1. The fraction of sp³-hybridized carbons (Fsp3) is 0.345. The zero-order valence-corrected chi connectivity index (χ0v) is 22.7. The molecule has 39 heavy (non-hydrogen) atoms. The van der Waals surface area contributed by atoms with Gasteiger partial charge in [0.15, 0.2) is 5.82 Å². The van der Waals surface area contributed by atoms with E-state index in [0.717, 1.165) is 35.2 Å². The minimum atomic E-state index is -0.970. The first-order chi connectivity index (χ1) is 18.6. The second-order valence-electron chi connectivity index (χ2n) is 10.4. The Morgan fingerprint density at radius 3 is 2.46 bits per heavy atom. The number of rotatable bonds is 10. The molecule has 1 aromatic carbocycles. The number of carbonyl (C=O) groups is 1. The number of pyridine rings is 2. The van der Waals surface area contributed by atoms with Crippen molar-refractivity contribution in [3.63, 3.8) is 0 Å². The minimum absolute atomic E-state index is 0.141. The van der Waals surface area contributed by atoms with Crippen molar-refractivity contribution in [2.75, 3.05) is 26.1 Å². The summed E-state index contributed by atoms with van der Waals surface area (Å²) >= 11 is 0. The van der Waals surface area contributed by atoms with E-state index in [9.17, 15) is 9.90 Å². The van der Waals surface area contributed by atoms with Crippen LogP contribution in [0, 0.1) is 6.92 Å². The van der Waals surface area contributed by atoms with Gasteiger partial charge in [0.25, 0.3) is 5.91 Å². The molecular formula is C29H33N5O5. The smallest absolute Gasteiger partial charge is 0.259 e. The summed E-state index contributed by atoms with van der Waals surface area (Å²) in [5.74, 6) is 1.81. The highest BCUT2D eigenvalue weighted by atomic mass is 16.5. The molecule has 0 spiro atoms. The fourth-order valence-electron chi connectivity index (χ4n) is 4.21. The maximum atomic E-state index is 12.8. The SMILES string of the molecule is COc1cc(Nc2cc3cc(-c4cc(C)ncc4OCC(C)(C)O)ccn3n2)cc(OC)c1C(=O)NC1CC1. The van der Waals surface area contributed by atoms with Crippen LogP contribution in [-0.2, 0) is 0 Å². The summed E-state index contributed by atoms with van der Waals surface area (Å²) in [5.41, 5.74) is 3.59. The van der Waals surface area contributed by atoms with Crippen LogP contribution in [0.2, 0.25) is 0 Å². The first kappa shape index (κ1) is 26.3. The number of aryl methyl sites for hydroxylation is 1. The average Bonchev–Trinajstić information content (AvgIpc) is 3.62. The van der Waals surface area contributed by atoms with Crippen LogP contribution >= 0.6 is 0 Å². The van der Waals surface area contributed by atoms with Crippen LogP contribution < -0.4 is 24.8 Å². The Morgan fingerprint density at radius 2 is 1.82 bits per heavy atom. The van der Waals surface area contributed by atoms with Crippen LogP contribution in [0.15, 0.2) is 48.8 Å². The lowest BCUT2D eigenvalue weighted by molar-refractivity contribution is 0.0286. The van der Waals surface area contributed by atoms with Crippen LogP contribution in [0.25, 0.3) is 16.6 Å². The van der Waals surface area contributed by atoms with E-state index in [2.05, 4.69) is 20.7 Å². The van der Waals surface area contributed by atoms with Crippen LogP contribution in [0.4, 0.5) is 11.5 Å². The Kier molecular flexibility index (Phi) is 7.05. The largest absolute Gasteiger partial charge is 0.496 e. The average molecular weight is 532 g/mol. The molecule has 5 rings (SSSR count). The van der Waals surface area contributed by atoms with E-state index in [4.69, 9.17) is 14.2 Å². The molecular weight excluding hydrogens is 498 g/mol. The molecule has 204 valence electrons. The highest BCUT2D eigenvalue weighted by molar-refractivity contribution is 6.01. The molecule has 0 saturated heterocycles. The highest BCUT2D eigenvalue weighted by Crippen LogP contribution is 2.36. The number of methoxy groups -OCH3 is 2. The first-order valence-corrected chi connectivity index (χ1v) is 12.8. The molecule has 3 N–H and O–H groups in total. The number of fused-ring (bicyclic) bond motifs is 1. The van der Waals surface area contributed by atoms with Crippen molar-refractivity contribution in [3.05, 3.63) is 60.0 Å². The predicted octanol–water partition coefficient (Wildman–Crippen LogP) is 4.51. The van der Waals surface area contributed by atoms with E-state index in [0.29, 0.717) is 34.3 Å². The van der Waals surface area contributed by atoms with Crippen LogP contribution in [0.1, 0.15) is 42.7 Å². The number of amides is 1. The lowest BCUT2D eigenvalue weighted by atomic mass is 10.1. The standard InChI is InChI=1S/C29H33N5O5/c1-17-10-22(25(15-30-17)39-16-29(2,3)36)18-8-9-34-21(11-18)14-26(33-34)31-20-12-23(37-4)27(24(13-20)38-5)28(35)32-19-6-7-19/h8-15,19,36H,6-7,16H2,1-5H3,(H,31,33)(H,32,35). The van der Waals surface area contributed by atoms with Crippen molar-refractivity contribution in [3.8, 4) is 28.4 Å². The molecule has 1 saturated carbocycles. The number of benzene rings is 1. The van der Waals surface area contributed by atoms with Crippen LogP contribution in [-0.4, -0.2) is 58.1 Å². The van der Waals surface area contributed by atoms with E-state index in [1.807, 2.05) is 37.4 Å². The van der Waals surface area contributed by atoms with Gasteiger partial charge in [-0.05, 0) is 57.4 Å². The topological polar surface area (TPSA) is 119 Å². The third-order valence-electron chi connectivity index (χ3n) is 6.28. The van der Waals surface area contributed by atoms with Gasteiger partial charge in [0, 0.05) is 47.4 Å². The molecule has 0 radical (unpaired) electrons. The van der Waals surface area contributed by atoms with Gasteiger partial charge in [-0.3, -0.25) is 9.78 Å². The number of ether oxygens (including phenoxy) is 3. The van der Waals surface area contributed by atoms with Crippen LogP contribution in [0.5, 0.6) is 17.2 Å². The highest BCUT2D eigenvalue weighted by Gasteiger charge is 2.28. The van der Waals surface area contributed by atoms with E-state index in [1.54, 1.807) is 36.7 Å². The number of hydrogen-bond acceptors (Lipinski definition) is 8. The Hall–Kier alpha value is -4.31. The molecule has 0 atom stereocenters. The number of aromatic nitrogens is 3. The lowest BCUT2D eigenvalue weighted by Crippen LogP contribution is -2.28. The summed E-state index contributed by atoms with van der Waals surface area (Å²) in [5, 5.41) is 21.0.